The van der Waals surface area contributed by atoms with Gasteiger partial charge in [-0.05, 0) is 49.1 Å². The number of nitrogens with zero attached hydrogens (tertiary/aromatic N) is 1. The normalized spacial score (nSPS) is 11.7. The summed E-state index contributed by atoms with van der Waals surface area (Å²) < 4.78 is 18.6. The second-order valence-corrected chi connectivity index (χ2v) is 4.99. The first-order valence-electron chi connectivity index (χ1n) is 7.04. The van der Waals surface area contributed by atoms with Crippen molar-refractivity contribution in [1.82, 2.24) is 0 Å². The largest absolute Gasteiger partial charge is 0.493 e. The third kappa shape index (κ3) is 4.32. The molecule has 21 heavy (non-hydrogen) atoms. The van der Waals surface area contributed by atoms with Gasteiger partial charge in [0.1, 0.15) is 11.6 Å². The third-order valence-electron chi connectivity index (χ3n) is 3.42. The lowest BCUT2D eigenvalue weighted by Gasteiger charge is -2.11. The molecule has 3 heteroatoms. The van der Waals surface area contributed by atoms with Gasteiger partial charge < -0.3 is 4.74 Å². The molecule has 108 valence electrons. The van der Waals surface area contributed by atoms with Crippen molar-refractivity contribution in [2.75, 3.05) is 6.61 Å². The highest BCUT2D eigenvalue weighted by atomic mass is 19.1. The lowest BCUT2D eigenvalue weighted by Crippen LogP contribution is -2.03. The molecule has 0 fully saturated rings. The standard InChI is InChI=1S/C18H18FNO/c1-14-5-2-3-7-18(14)21-12-4-6-16(13-20)15-8-10-17(19)11-9-15/h2-3,5,7-11,16H,4,6,12H2,1H3. The van der Waals surface area contributed by atoms with E-state index in [2.05, 4.69) is 6.07 Å². The Bertz CT molecular complexity index is 616. The molecule has 0 spiro atoms. The quantitative estimate of drug-likeness (QED) is 0.726. The summed E-state index contributed by atoms with van der Waals surface area (Å²) >= 11 is 0. The van der Waals surface area contributed by atoms with Crippen LogP contribution in [0.3, 0.4) is 0 Å². The summed E-state index contributed by atoms with van der Waals surface area (Å²) in [7, 11) is 0. The molecule has 2 nitrogen and oxygen atoms in total. The lowest BCUT2D eigenvalue weighted by atomic mass is 9.96. The van der Waals surface area contributed by atoms with Crippen LogP contribution < -0.4 is 4.74 Å². The molecule has 0 heterocycles. The number of nitriles is 1. The number of hydrogen-bond acceptors (Lipinski definition) is 2. The van der Waals surface area contributed by atoms with E-state index in [1.54, 1.807) is 12.1 Å². The topological polar surface area (TPSA) is 33.0 Å². The Labute approximate surface area is 124 Å². The summed E-state index contributed by atoms with van der Waals surface area (Å²) in [6.45, 7) is 2.58. The smallest absolute Gasteiger partial charge is 0.123 e. The fourth-order valence-corrected chi connectivity index (χ4v) is 2.19. The van der Waals surface area contributed by atoms with Gasteiger partial charge in [-0.25, -0.2) is 4.39 Å². The predicted molar refractivity (Wildman–Crippen MR) is 80.7 cm³/mol. The molecule has 2 aromatic carbocycles. The minimum atomic E-state index is -0.279. The molecule has 2 aromatic rings. The van der Waals surface area contributed by atoms with Crippen LogP contribution in [0, 0.1) is 24.1 Å². The zero-order valence-corrected chi connectivity index (χ0v) is 12.1. The zero-order chi connectivity index (χ0) is 15.1. The van der Waals surface area contributed by atoms with E-state index in [-0.39, 0.29) is 11.7 Å². The van der Waals surface area contributed by atoms with Gasteiger partial charge in [0.25, 0.3) is 0 Å². The number of aryl methyl sites for hydroxylation is 1. The molecule has 0 aliphatic rings. The Morgan fingerprint density at radius 3 is 2.52 bits per heavy atom. The van der Waals surface area contributed by atoms with Gasteiger partial charge in [0.2, 0.25) is 0 Å². The van der Waals surface area contributed by atoms with E-state index in [0.29, 0.717) is 13.0 Å². The van der Waals surface area contributed by atoms with Crippen LogP contribution in [0.4, 0.5) is 4.39 Å². The van der Waals surface area contributed by atoms with E-state index in [1.807, 2.05) is 31.2 Å². The first-order chi connectivity index (χ1) is 10.2. The van der Waals surface area contributed by atoms with Gasteiger partial charge in [0.05, 0.1) is 18.6 Å². The SMILES string of the molecule is Cc1ccccc1OCCCC(C#N)c1ccc(F)cc1. The molecule has 0 amide bonds. The van der Waals surface area contributed by atoms with Gasteiger partial charge in [0, 0.05) is 0 Å². The minimum absolute atomic E-state index is 0.217. The summed E-state index contributed by atoms with van der Waals surface area (Å²) in [4.78, 5) is 0. The number of hydrogen-bond donors (Lipinski definition) is 0. The first-order valence-corrected chi connectivity index (χ1v) is 7.04. The molecule has 0 aliphatic carbocycles. The third-order valence-corrected chi connectivity index (χ3v) is 3.42. The van der Waals surface area contributed by atoms with Crippen molar-refractivity contribution in [3.8, 4) is 11.8 Å². The van der Waals surface area contributed by atoms with Gasteiger partial charge in [-0.1, -0.05) is 30.3 Å². The number of halogens is 1. The average Bonchev–Trinajstić information content (AvgIpc) is 2.50. The number of para-hydroxylation sites is 1. The molecule has 1 atom stereocenters. The summed E-state index contributed by atoms with van der Waals surface area (Å²) in [6, 6.07) is 16.3. The second kappa shape index (κ2) is 7.44. The van der Waals surface area contributed by atoms with Gasteiger partial charge in [-0.2, -0.15) is 5.26 Å². The van der Waals surface area contributed by atoms with E-state index in [4.69, 9.17) is 4.74 Å². The minimum Gasteiger partial charge on any atom is -0.493 e. The summed E-state index contributed by atoms with van der Waals surface area (Å²) in [5.74, 6) is 0.386. The maximum absolute atomic E-state index is 12.9. The van der Waals surface area contributed by atoms with Crippen LogP contribution in [0.15, 0.2) is 48.5 Å². The van der Waals surface area contributed by atoms with Gasteiger partial charge in [0.15, 0.2) is 0 Å². The van der Waals surface area contributed by atoms with E-state index in [0.717, 1.165) is 23.3 Å². The first kappa shape index (κ1) is 15.1. The van der Waals surface area contributed by atoms with E-state index >= 15 is 0 Å². The van der Waals surface area contributed by atoms with Gasteiger partial charge in [-0.15, -0.1) is 0 Å². The molecule has 2 rings (SSSR count). The molecule has 0 saturated carbocycles. The van der Waals surface area contributed by atoms with Crippen molar-refractivity contribution in [2.24, 2.45) is 0 Å². The van der Waals surface area contributed by atoms with Crippen LogP contribution in [-0.2, 0) is 0 Å². The molecule has 1 unspecified atom stereocenters. The van der Waals surface area contributed by atoms with Crippen molar-refractivity contribution in [3.05, 3.63) is 65.5 Å². The summed E-state index contributed by atoms with van der Waals surface area (Å²) in [5, 5.41) is 9.22. The fraction of sp³-hybridized carbons (Fsp3) is 0.278. The average molecular weight is 283 g/mol. The van der Waals surface area contributed by atoms with Crippen molar-refractivity contribution < 1.29 is 9.13 Å². The van der Waals surface area contributed by atoms with Crippen molar-refractivity contribution in [3.63, 3.8) is 0 Å². The Balaban J connectivity index is 1.83. The molecular formula is C18H18FNO. The van der Waals surface area contributed by atoms with Crippen LogP contribution in [0.2, 0.25) is 0 Å². The fourth-order valence-electron chi connectivity index (χ4n) is 2.19. The van der Waals surface area contributed by atoms with E-state index in [1.165, 1.54) is 12.1 Å². The maximum atomic E-state index is 12.9. The predicted octanol–water partition coefficient (Wildman–Crippen LogP) is 4.60. The van der Waals surface area contributed by atoms with Crippen LogP contribution in [-0.4, -0.2) is 6.61 Å². The van der Waals surface area contributed by atoms with Gasteiger partial charge >= 0.3 is 0 Å². The van der Waals surface area contributed by atoms with Crippen LogP contribution in [0.1, 0.15) is 29.9 Å². The van der Waals surface area contributed by atoms with Crippen molar-refractivity contribution in [1.29, 1.82) is 5.26 Å². The highest BCUT2D eigenvalue weighted by molar-refractivity contribution is 5.31. The van der Waals surface area contributed by atoms with Crippen LogP contribution in [0.5, 0.6) is 5.75 Å². The molecule has 0 aromatic heterocycles. The molecular weight excluding hydrogens is 265 g/mol. The van der Waals surface area contributed by atoms with Crippen LogP contribution in [0.25, 0.3) is 0 Å². The van der Waals surface area contributed by atoms with E-state index < -0.39 is 0 Å². The lowest BCUT2D eigenvalue weighted by molar-refractivity contribution is 0.303. The Morgan fingerprint density at radius 1 is 1.14 bits per heavy atom. The monoisotopic (exact) mass is 283 g/mol. The second-order valence-electron chi connectivity index (χ2n) is 4.99. The number of benzene rings is 2. The maximum Gasteiger partial charge on any atom is 0.123 e. The molecule has 0 N–H and O–H groups in total. The number of ether oxygens (including phenoxy) is 1. The Kier molecular flexibility index (Phi) is 5.34. The highest BCUT2D eigenvalue weighted by Gasteiger charge is 2.10. The number of rotatable bonds is 6. The van der Waals surface area contributed by atoms with Gasteiger partial charge in [-0.3, -0.25) is 0 Å². The van der Waals surface area contributed by atoms with Crippen molar-refractivity contribution >= 4 is 0 Å². The molecule has 0 bridgehead atoms. The summed E-state index contributed by atoms with van der Waals surface area (Å²) in [5.41, 5.74) is 1.96. The van der Waals surface area contributed by atoms with Crippen LogP contribution >= 0.6 is 0 Å². The molecule has 0 aliphatic heterocycles. The van der Waals surface area contributed by atoms with E-state index in [9.17, 15) is 9.65 Å². The zero-order valence-electron chi connectivity index (χ0n) is 12.1. The van der Waals surface area contributed by atoms with Crippen molar-refractivity contribution in [2.45, 2.75) is 25.7 Å². The molecule has 0 radical (unpaired) electrons. The molecule has 0 saturated heterocycles. The highest BCUT2D eigenvalue weighted by Crippen LogP contribution is 2.22. The Morgan fingerprint density at radius 2 is 1.86 bits per heavy atom. The Hall–Kier alpha value is -2.34. The summed E-state index contributed by atoms with van der Waals surface area (Å²) in [6.07, 6.45) is 1.48.